The van der Waals surface area contributed by atoms with Gasteiger partial charge in [-0.25, -0.2) is 4.98 Å². The lowest BCUT2D eigenvalue weighted by Crippen LogP contribution is -1.87. The molecule has 0 unspecified atom stereocenters. The Labute approximate surface area is 108 Å². The predicted molar refractivity (Wildman–Crippen MR) is 73.8 cm³/mol. The predicted octanol–water partition coefficient (Wildman–Crippen LogP) is 4.28. The molecule has 1 aromatic heterocycles. The van der Waals surface area contributed by atoms with E-state index in [1.807, 2.05) is 0 Å². The molecule has 2 rings (SSSR count). The van der Waals surface area contributed by atoms with Crippen molar-refractivity contribution in [1.82, 2.24) is 4.98 Å². The summed E-state index contributed by atoms with van der Waals surface area (Å²) in [5, 5.41) is 0.592. The molecule has 1 aromatic carbocycles. The number of hydrogen-bond acceptors (Lipinski definition) is 3. The van der Waals surface area contributed by atoms with Crippen LogP contribution in [0, 0.1) is 0 Å². The number of anilines is 1. The van der Waals surface area contributed by atoms with E-state index in [0.29, 0.717) is 11.0 Å². The summed E-state index contributed by atoms with van der Waals surface area (Å²) in [5.41, 5.74) is 9.04. The second-order valence-electron chi connectivity index (χ2n) is 3.95. The van der Waals surface area contributed by atoms with Gasteiger partial charge < -0.3 is 5.73 Å². The van der Waals surface area contributed by atoms with Crippen LogP contribution in [0.2, 0.25) is 0 Å². The Morgan fingerprint density at radius 3 is 2.31 bits per heavy atom. The second-order valence-corrected chi connectivity index (χ2v) is 6.30. The van der Waals surface area contributed by atoms with Gasteiger partial charge in [-0.15, -0.1) is 0 Å². The van der Waals surface area contributed by atoms with Crippen molar-refractivity contribution in [3.63, 3.8) is 0 Å². The molecule has 0 saturated heterocycles. The Bertz CT molecular complexity index is 488. The molecule has 0 radical (unpaired) electrons. The van der Waals surface area contributed by atoms with Crippen LogP contribution < -0.4 is 5.73 Å². The normalized spacial score (nSPS) is 11.0. The van der Waals surface area contributed by atoms with Gasteiger partial charge in [-0.2, -0.15) is 0 Å². The average molecular weight is 297 g/mol. The highest BCUT2D eigenvalue weighted by Crippen LogP contribution is 2.34. The SMILES string of the molecule is CC(C)c1ccc(-c2nc(N)sc2Br)cc1. The number of rotatable bonds is 2. The standard InChI is InChI=1S/C12H13BrN2S/c1-7(2)8-3-5-9(6-4-8)10-11(13)16-12(14)15-10/h3-7H,1-2H3,(H2,14,15). The Morgan fingerprint density at radius 2 is 1.88 bits per heavy atom. The fourth-order valence-corrected chi connectivity index (χ4v) is 2.92. The van der Waals surface area contributed by atoms with Crippen molar-refractivity contribution in [3.8, 4) is 11.3 Å². The summed E-state index contributed by atoms with van der Waals surface area (Å²) in [6.45, 7) is 4.37. The summed E-state index contributed by atoms with van der Waals surface area (Å²) >= 11 is 4.94. The van der Waals surface area contributed by atoms with E-state index in [0.717, 1.165) is 15.0 Å². The lowest BCUT2D eigenvalue weighted by atomic mass is 10.0. The summed E-state index contributed by atoms with van der Waals surface area (Å²) in [6, 6.07) is 8.47. The Hall–Kier alpha value is -0.870. The zero-order chi connectivity index (χ0) is 11.7. The number of benzene rings is 1. The van der Waals surface area contributed by atoms with E-state index in [1.165, 1.54) is 16.9 Å². The molecule has 0 atom stereocenters. The Morgan fingerprint density at radius 1 is 1.25 bits per heavy atom. The molecule has 0 spiro atoms. The van der Waals surface area contributed by atoms with Crippen molar-refractivity contribution in [2.75, 3.05) is 5.73 Å². The number of aromatic nitrogens is 1. The fourth-order valence-electron chi connectivity index (χ4n) is 1.52. The van der Waals surface area contributed by atoms with Gasteiger partial charge in [-0.3, -0.25) is 0 Å². The van der Waals surface area contributed by atoms with Crippen molar-refractivity contribution < 1.29 is 0 Å². The first-order valence-electron chi connectivity index (χ1n) is 5.10. The van der Waals surface area contributed by atoms with Crippen LogP contribution in [0.1, 0.15) is 25.3 Å². The van der Waals surface area contributed by atoms with Crippen LogP contribution in [-0.2, 0) is 0 Å². The zero-order valence-electron chi connectivity index (χ0n) is 9.20. The van der Waals surface area contributed by atoms with Crippen molar-refractivity contribution >= 4 is 32.4 Å². The number of nitrogen functional groups attached to an aromatic ring is 1. The van der Waals surface area contributed by atoms with Crippen LogP contribution in [0.15, 0.2) is 28.1 Å². The largest absolute Gasteiger partial charge is 0.375 e. The molecule has 0 saturated carbocycles. The molecule has 2 nitrogen and oxygen atoms in total. The van der Waals surface area contributed by atoms with Gasteiger partial charge in [0.25, 0.3) is 0 Å². The third-order valence-corrected chi connectivity index (χ3v) is 3.99. The average Bonchev–Trinajstić information content (AvgIpc) is 2.58. The smallest absolute Gasteiger partial charge is 0.181 e. The van der Waals surface area contributed by atoms with E-state index in [4.69, 9.17) is 5.73 Å². The van der Waals surface area contributed by atoms with Crippen molar-refractivity contribution in [2.45, 2.75) is 19.8 Å². The molecule has 0 aliphatic heterocycles. The first kappa shape index (κ1) is 11.6. The molecule has 4 heteroatoms. The minimum Gasteiger partial charge on any atom is -0.375 e. The summed E-state index contributed by atoms with van der Waals surface area (Å²) in [6.07, 6.45) is 0. The quantitative estimate of drug-likeness (QED) is 0.898. The van der Waals surface area contributed by atoms with Crippen LogP contribution >= 0.6 is 27.3 Å². The molecule has 2 aromatic rings. The Balaban J connectivity index is 2.38. The molecule has 0 aliphatic carbocycles. The topological polar surface area (TPSA) is 38.9 Å². The maximum absolute atomic E-state index is 5.67. The fraction of sp³-hybridized carbons (Fsp3) is 0.250. The van der Waals surface area contributed by atoms with E-state index in [2.05, 4.69) is 59.0 Å². The van der Waals surface area contributed by atoms with Crippen molar-refractivity contribution in [2.24, 2.45) is 0 Å². The van der Waals surface area contributed by atoms with Crippen LogP contribution in [0.5, 0.6) is 0 Å². The minimum atomic E-state index is 0.554. The van der Waals surface area contributed by atoms with E-state index >= 15 is 0 Å². The molecule has 0 fully saturated rings. The number of nitrogens with two attached hydrogens (primary N) is 1. The molecule has 0 aliphatic rings. The summed E-state index contributed by atoms with van der Waals surface area (Å²) in [5.74, 6) is 0.554. The Kier molecular flexibility index (Phi) is 3.30. The molecule has 0 amide bonds. The molecule has 16 heavy (non-hydrogen) atoms. The number of nitrogens with zero attached hydrogens (tertiary/aromatic N) is 1. The van der Waals surface area contributed by atoms with Gasteiger partial charge in [0.2, 0.25) is 0 Å². The molecule has 1 heterocycles. The van der Waals surface area contributed by atoms with Gasteiger partial charge in [0.1, 0.15) is 0 Å². The maximum atomic E-state index is 5.67. The van der Waals surface area contributed by atoms with Crippen LogP contribution in [0.3, 0.4) is 0 Å². The van der Waals surface area contributed by atoms with Gasteiger partial charge in [-0.1, -0.05) is 49.4 Å². The number of hydrogen-bond donors (Lipinski definition) is 1. The highest BCUT2D eigenvalue weighted by atomic mass is 79.9. The van der Waals surface area contributed by atoms with Gasteiger partial charge in [0.15, 0.2) is 5.13 Å². The lowest BCUT2D eigenvalue weighted by molar-refractivity contribution is 0.867. The second kappa shape index (κ2) is 4.55. The third-order valence-electron chi connectivity index (χ3n) is 2.45. The van der Waals surface area contributed by atoms with Crippen LogP contribution in [0.25, 0.3) is 11.3 Å². The number of halogens is 1. The minimum absolute atomic E-state index is 0.554. The summed E-state index contributed by atoms with van der Waals surface area (Å²) in [7, 11) is 0. The van der Waals surface area contributed by atoms with Crippen molar-refractivity contribution in [1.29, 1.82) is 0 Å². The van der Waals surface area contributed by atoms with Crippen molar-refractivity contribution in [3.05, 3.63) is 33.6 Å². The molecule has 2 N–H and O–H groups in total. The maximum Gasteiger partial charge on any atom is 0.181 e. The molecule has 0 bridgehead atoms. The van der Waals surface area contributed by atoms with Gasteiger partial charge in [0.05, 0.1) is 9.48 Å². The van der Waals surface area contributed by atoms with Crippen LogP contribution in [-0.4, -0.2) is 4.98 Å². The highest BCUT2D eigenvalue weighted by Gasteiger charge is 2.09. The van der Waals surface area contributed by atoms with E-state index in [-0.39, 0.29) is 0 Å². The van der Waals surface area contributed by atoms with Gasteiger partial charge in [-0.05, 0) is 27.4 Å². The lowest BCUT2D eigenvalue weighted by Gasteiger charge is -2.05. The van der Waals surface area contributed by atoms with Gasteiger partial charge in [0, 0.05) is 5.56 Å². The van der Waals surface area contributed by atoms with E-state index < -0.39 is 0 Å². The van der Waals surface area contributed by atoms with E-state index in [1.54, 1.807) is 0 Å². The molecular formula is C12H13BrN2S. The van der Waals surface area contributed by atoms with E-state index in [9.17, 15) is 0 Å². The van der Waals surface area contributed by atoms with Crippen LogP contribution in [0.4, 0.5) is 5.13 Å². The zero-order valence-corrected chi connectivity index (χ0v) is 11.6. The monoisotopic (exact) mass is 296 g/mol. The molecular weight excluding hydrogens is 284 g/mol. The summed E-state index contributed by atoms with van der Waals surface area (Å²) < 4.78 is 0.988. The third kappa shape index (κ3) is 2.28. The first-order chi connectivity index (χ1) is 7.58. The molecule has 84 valence electrons. The van der Waals surface area contributed by atoms with Gasteiger partial charge >= 0.3 is 0 Å². The number of thiazole rings is 1. The highest BCUT2D eigenvalue weighted by molar-refractivity contribution is 9.11. The summed E-state index contributed by atoms with van der Waals surface area (Å²) in [4.78, 5) is 4.30. The first-order valence-corrected chi connectivity index (χ1v) is 6.71.